The molecule has 0 saturated heterocycles. The minimum Gasteiger partial charge on any atom is -0.310 e. The van der Waals surface area contributed by atoms with E-state index in [2.05, 4.69) is 31.0 Å². The monoisotopic (exact) mass is 294 g/mol. The number of benzene rings is 1. The molecule has 0 fully saturated rings. The minimum atomic E-state index is -0.161. The summed E-state index contributed by atoms with van der Waals surface area (Å²) in [4.78, 5) is 2.53. The highest BCUT2D eigenvalue weighted by Gasteiger charge is 2.12. The van der Waals surface area contributed by atoms with Gasteiger partial charge in [0, 0.05) is 6.04 Å². The minimum absolute atomic E-state index is 0.161. The predicted octanol–water partition coefficient (Wildman–Crippen LogP) is 4.38. The quantitative estimate of drug-likeness (QED) is 0.651. The Morgan fingerprint density at radius 2 is 1.57 bits per heavy atom. The Hall–Kier alpha value is -0.930. The molecular weight excluding hydrogens is 263 g/mol. The van der Waals surface area contributed by atoms with Crippen LogP contribution >= 0.6 is 0 Å². The molecule has 0 amide bonds. The lowest BCUT2D eigenvalue weighted by molar-refractivity contribution is 0.257. The van der Waals surface area contributed by atoms with E-state index in [1.54, 1.807) is 12.1 Å². The first kappa shape index (κ1) is 18.1. The molecule has 0 aliphatic carbocycles. The second-order valence-electron chi connectivity index (χ2n) is 5.69. The van der Waals surface area contributed by atoms with Gasteiger partial charge in [-0.15, -0.1) is 0 Å². The Bertz CT molecular complexity index is 358. The van der Waals surface area contributed by atoms with Crippen LogP contribution in [0.5, 0.6) is 0 Å². The summed E-state index contributed by atoms with van der Waals surface area (Å²) in [6, 6.07) is 7.26. The highest BCUT2D eigenvalue weighted by molar-refractivity contribution is 5.20. The average Bonchev–Trinajstić information content (AvgIpc) is 2.49. The van der Waals surface area contributed by atoms with E-state index in [0.717, 1.165) is 39.0 Å². The molecule has 0 heterocycles. The van der Waals surface area contributed by atoms with Crippen LogP contribution in [-0.2, 0) is 0 Å². The van der Waals surface area contributed by atoms with Crippen molar-refractivity contribution >= 4 is 0 Å². The predicted molar refractivity (Wildman–Crippen MR) is 89.1 cm³/mol. The van der Waals surface area contributed by atoms with Gasteiger partial charge in [0.15, 0.2) is 0 Å². The molecule has 1 rings (SSSR count). The van der Waals surface area contributed by atoms with E-state index in [0.29, 0.717) is 6.04 Å². The van der Waals surface area contributed by atoms with Gasteiger partial charge in [0.25, 0.3) is 0 Å². The van der Waals surface area contributed by atoms with E-state index in [1.807, 2.05) is 12.1 Å². The Balaban J connectivity index is 2.62. The van der Waals surface area contributed by atoms with Crippen LogP contribution in [0.4, 0.5) is 4.39 Å². The molecule has 3 heteroatoms. The maximum Gasteiger partial charge on any atom is 0.123 e. The number of rotatable bonds is 11. The normalized spacial score (nSPS) is 12.8. The number of nitrogens with one attached hydrogen (secondary N) is 1. The molecule has 2 nitrogen and oxygen atoms in total. The fourth-order valence-corrected chi connectivity index (χ4v) is 2.68. The van der Waals surface area contributed by atoms with Crippen molar-refractivity contribution in [3.05, 3.63) is 35.6 Å². The molecule has 0 aromatic heterocycles. The summed E-state index contributed by atoms with van der Waals surface area (Å²) in [5.41, 5.74) is 1.19. The number of hydrogen-bond acceptors (Lipinski definition) is 2. The van der Waals surface area contributed by atoms with Gasteiger partial charge in [0.2, 0.25) is 0 Å². The average molecular weight is 294 g/mol. The van der Waals surface area contributed by atoms with Crippen LogP contribution in [0.1, 0.15) is 58.1 Å². The van der Waals surface area contributed by atoms with Crippen LogP contribution in [-0.4, -0.2) is 31.1 Å². The summed E-state index contributed by atoms with van der Waals surface area (Å²) < 4.78 is 13.1. The summed E-state index contributed by atoms with van der Waals surface area (Å²) in [6.07, 6.45) is 4.59. The molecule has 1 atom stereocenters. The lowest BCUT2D eigenvalue weighted by Gasteiger charge is -2.25. The van der Waals surface area contributed by atoms with Crippen molar-refractivity contribution in [2.24, 2.45) is 0 Å². The summed E-state index contributed by atoms with van der Waals surface area (Å²) >= 11 is 0. The third-order valence-corrected chi connectivity index (χ3v) is 3.73. The largest absolute Gasteiger partial charge is 0.310 e. The second-order valence-corrected chi connectivity index (χ2v) is 5.69. The van der Waals surface area contributed by atoms with Gasteiger partial charge in [-0.1, -0.05) is 32.9 Å². The van der Waals surface area contributed by atoms with Gasteiger partial charge in [-0.05, 0) is 69.6 Å². The Morgan fingerprint density at radius 1 is 0.952 bits per heavy atom. The zero-order chi connectivity index (χ0) is 15.5. The van der Waals surface area contributed by atoms with Crippen LogP contribution in [0.3, 0.4) is 0 Å². The van der Waals surface area contributed by atoms with Crippen molar-refractivity contribution in [3.63, 3.8) is 0 Å². The highest BCUT2D eigenvalue weighted by Crippen LogP contribution is 2.18. The van der Waals surface area contributed by atoms with Crippen molar-refractivity contribution in [2.45, 2.75) is 52.5 Å². The third kappa shape index (κ3) is 7.05. The number of hydrogen-bond donors (Lipinski definition) is 1. The van der Waals surface area contributed by atoms with E-state index in [1.165, 1.54) is 18.4 Å². The van der Waals surface area contributed by atoms with Crippen LogP contribution in [0, 0.1) is 5.82 Å². The van der Waals surface area contributed by atoms with Gasteiger partial charge in [0.05, 0.1) is 0 Å². The first-order valence-corrected chi connectivity index (χ1v) is 8.42. The van der Waals surface area contributed by atoms with Gasteiger partial charge >= 0.3 is 0 Å². The van der Waals surface area contributed by atoms with Crippen molar-refractivity contribution in [1.82, 2.24) is 10.2 Å². The molecular formula is C18H31FN2. The van der Waals surface area contributed by atoms with Gasteiger partial charge in [-0.25, -0.2) is 4.39 Å². The standard InChI is InChI=1S/C18H31FN2/c1-4-12-20-18(16-7-9-17(19)10-8-16)11-15-21(13-5-2)14-6-3/h7-10,18,20H,4-6,11-15H2,1-3H3. The lowest BCUT2D eigenvalue weighted by Crippen LogP contribution is -2.31. The zero-order valence-electron chi connectivity index (χ0n) is 13.9. The Labute approximate surface area is 129 Å². The molecule has 0 bridgehead atoms. The number of nitrogens with zero attached hydrogens (tertiary/aromatic N) is 1. The molecule has 1 aromatic rings. The van der Waals surface area contributed by atoms with Crippen LogP contribution in [0.2, 0.25) is 0 Å². The van der Waals surface area contributed by atoms with Gasteiger partial charge < -0.3 is 10.2 Å². The van der Waals surface area contributed by atoms with Crippen LogP contribution in [0.15, 0.2) is 24.3 Å². The SMILES string of the molecule is CCCNC(CCN(CCC)CCC)c1ccc(F)cc1. The molecule has 1 N–H and O–H groups in total. The van der Waals surface area contributed by atoms with Gasteiger partial charge in [-0.3, -0.25) is 0 Å². The van der Waals surface area contributed by atoms with Crippen molar-refractivity contribution in [3.8, 4) is 0 Å². The molecule has 1 unspecified atom stereocenters. The molecule has 0 aliphatic rings. The summed E-state index contributed by atoms with van der Waals surface area (Å²) in [5, 5.41) is 3.60. The summed E-state index contributed by atoms with van der Waals surface area (Å²) in [7, 11) is 0. The first-order chi connectivity index (χ1) is 10.2. The van der Waals surface area contributed by atoms with E-state index < -0.39 is 0 Å². The third-order valence-electron chi connectivity index (χ3n) is 3.73. The smallest absolute Gasteiger partial charge is 0.123 e. The summed E-state index contributed by atoms with van der Waals surface area (Å²) in [6.45, 7) is 11.1. The fourth-order valence-electron chi connectivity index (χ4n) is 2.68. The lowest BCUT2D eigenvalue weighted by atomic mass is 10.0. The van der Waals surface area contributed by atoms with Crippen LogP contribution < -0.4 is 5.32 Å². The van der Waals surface area contributed by atoms with Gasteiger partial charge in [0.1, 0.15) is 5.82 Å². The van der Waals surface area contributed by atoms with Crippen LogP contribution in [0.25, 0.3) is 0 Å². The van der Waals surface area contributed by atoms with E-state index in [-0.39, 0.29) is 5.82 Å². The maximum absolute atomic E-state index is 13.1. The molecule has 0 aliphatic heterocycles. The van der Waals surface area contributed by atoms with Crippen molar-refractivity contribution in [2.75, 3.05) is 26.2 Å². The zero-order valence-corrected chi connectivity index (χ0v) is 13.9. The van der Waals surface area contributed by atoms with E-state index in [9.17, 15) is 4.39 Å². The Kier molecular flexibility index (Phi) is 9.27. The number of halogens is 1. The topological polar surface area (TPSA) is 15.3 Å². The molecule has 0 radical (unpaired) electrons. The van der Waals surface area contributed by atoms with Crippen molar-refractivity contribution < 1.29 is 4.39 Å². The maximum atomic E-state index is 13.1. The first-order valence-electron chi connectivity index (χ1n) is 8.42. The summed E-state index contributed by atoms with van der Waals surface area (Å²) in [5.74, 6) is -0.161. The van der Waals surface area contributed by atoms with Gasteiger partial charge in [-0.2, -0.15) is 0 Å². The molecule has 21 heavy (non-hydrogen) atoms. The molecule has 0 saturated carbocycles. The molecule has 120 valence electrons. The van der Waals surface area contributed by atoms with E-state index in [4.69, 9.17) is 0 Å². The second kappa shape index (κ2) is 10.7. The Morgan fingerprint density at radius 3 is 2.10 bits per heavy atom. The fraction of sp³-hybridized carbons (Fsp3) is 0.667. The highest BCUT2D eigenvalue weighted by atomic mass is 19.1. The van der Waals surface area contributed by atoms with Crippen molar-refractivity contribution in [1.29, 1.82) is 0 Å². The molecule has 0 spiro atoms. The van der Waals surface area contributed by atoms with E-state index >= 15 is 0 Å². The molecule has 1 aromatic carbocycles.